The standard InChI is InChI=1S/C32H27ClN2O6S/c1-4-40-31(39)29-19(3)34-32(42-29)35-26(21-10-12-22(33)13-11-21)25(28(37)30(35)38)27(36)24-15-14-23(16-18(24)2)41-17-20-8-6-5-7-9-20/h5-16,26,36H,4,17H2,1-3H3/b27-25+/t26-/m1/s1. The van der Waals surface area contributed by atoms with Gasteiger partial charge in [0, 0.05) is 10.6 Å². The maximum Gasteiger partial charge on any atom is 0.350 e. The lowest BCUT2D eigenvalue weighted by Gasteiger charge is -2.23. The lowest BCUT2D eigenvalue weighted by atomic mass is 9.94. The van der Waals surface area contributed by atoms with Crippen LogP contribution >= 0.6 is 22.9 Å². The number of ketones is 1. The van der Waals surface area contributed by atoms with E-state index < -0.39 is 23.7 Å². The van der Waals surface area contributed by atoms with E-state index in [0.29, 0.717) is 39.8 Å². The molecule has 10 heteroatoms. The van der Waals surface area contributed by atoms with Crippen LogP contribution in [0.5, 0.6) is 5.75 Å². The summed E-state index contributed by atoms with van der Waals surface area (Å²) in [5.41, 5.74) is 2.83. The number of benzene rings is 3. The number of halogens is 1. The minimum Gasteiger partial charge on any atom is -0.507 e. The van der Waals surface area contributed by atoms with Gasteiger partial charge in [-0.1, -0.05) is 65.4 Å². The molecule has 3 aromatic carbocycles. The molecule has 0 aliphatic carbocycles. The van der Waals surface area contributed by atoms with E-state index in [1.165, 1.54) is 4.90 Å². The molecular formula is C32H27ClN2O6S. The van der Waals surface area contributed by atoms with E-state index >= 15 is 0 Å². The highest BCUT2D eigenvalue weighted by atomic mass is 35.5. The second kappa shape index (κ2) is 12.2. The van der Waals surface area contributed by atoms with Gasteiger partial charge < -0.3 is 14.6 Å². The van der Waals surface area contributed by atoms with Gasteiger partial charge in [0.15, 0.2) is 5.13 Å². The summed E-state index contributed by atoms with van der Waals surface area (Å²) in [6.07, 6.45) is 0. The zero-order chi connectivity index (χ0) is 30.0. The van der Waals surface area contributed by atoms with Gasteiger partial charge >= 0.3 is 11.9 Å². The van der Waals surface area contributed by atoms with Crippen molar-refractivity contribution in [1.82, 2.24) is 4.98 Å². The number of rotatable bonds is 8. The number of aromatic nitrogens is 1. The number of amides is 1. The van der Waals surface area contributed by atoms with Crippen molar-refractivity contribution in [2.24, 2.45) is 0 Å². The van der Waals surface area contributed by atoms with Crippen LogP contribution < -0.4 is 9.64 Å². The fourth-order valence-electron chi connectivity index (χ4n) is 4.74. The Bertz CT molecular complexity index is 1700. The zero-order valence-electron chi connectivity index (χ0n) is 23.1. The van der Waals surface area contributed by atoms with Crippen molar-refractivity contribution >= 4 is 51.5 Å². The van der Waals surface area contributed by atoms with E-state index in [9.17, 15) is 19.5 Å². The average Bonchev–Trinajstić information content (AvgIpc) is 3.49. The molecule has 0 bridgehead atoms. The quantitative estimate of drug-likeness (QED) is 0.102. The third kappa shape index (κ3) is 5.66. The summed E-state index contributed by atoms with van der Waals surface area (Å²) in [4.78, 5) is 45.4. The van der Waals surface area contributed by atoms with Crippen LogP contribution in [0.3, 0.4) is 0 Å². The van der Waals surface area contributed by atoms with Crippen LogP contribution in [0, 0.1) is 13.8 Å². The molecule has 214 valence electrons. The molecule has 2 heterocycles. The number of hydrogen-bond acceptors (Lipinski definition) is 8. The summed E-state index contributed by atoms with van der Waals surface area (Å²) in [5, 5.41) is 12.2. The van der Waals surface area contributed by atoms with E-state index in [1.807, 2.05) is 30.3 Å². The second-order valence-electron chi connectivity index (χ2n) is 9.60. The number of esters is 1. The van der Waals surface area contributed by atoms with Gasteiger partial charge in [-0.25, -0.2) is 9.78 Å². The first kappa shape index (κ1) is 29.0. The van der Waals surface area contributed by atoms with Crippen LogP contribution in [0.2, 0.25) is 5.02 Å². The first-order chi connectivity index (χ1) is 20.2. The third-order valence-corrected chi connectivity index (χ3v) is 8.17. The van der Waals surface area contributed by atoms with Crippen LogP contribution in [-0.4, -0.2) is 34.4 Å². The van der Waals surface area contributed by atoms with Gasteiger partial charge in [0.05, 0.1) is 23.9 Å². The monoisotopic (exact) mass is 602 g/mol. The Morgan fingerprint density at radius 2 is 1.76 bits per heavy atom. The molecule has 0 radical (unpaired) electrons. The highest BCUT2D eigenvalue weighted by Crippen LogP contribution is 2.44. The van der Waals surface area contributed by atoms with Crippen molar-refractivity contribution in [3.05, 3.63) is 116 Å². The average molecular weight is 603 g/mol. The molecule has 1 N–H and O–H groups in total. The Kier molecular flexibility index (Phi) is 8.42. The molecule has 42 heavy (non-hydrogen) atoms. The van der Waals surface area contributed by atoms with E-state index in [-0.39, 0.29) is 27.9 Å². The predicted octanol–water partition coefficient (Wildman–Crippen LogP) is 6.80. The molecule has 0 saturated carbocycles. The normalized spacial score (nSPS) is 16.1. The number of anilines is 1. The lowest BCUT2D eigenvalue weighted by Crippen LogP contribution is -2.29. The summed E-state index contributed by atoms with van der Waals surface area (Å²) in [6, 6.07) is 20.5. The second-order valence-corrected chi connectivity index (χ2v) is 11.0. The van der Waals surface area contributed by atoms with Crippen molar-refractivity contribution in [3.63, 3.8) is 0 Å². The van der Waals surface area contributed by atoms with Gasteiger partial charge in [-0.05, 0) is 67.8 Å². The maximum atomic E-state index is 13.5. The molecule has 1 amide bonds. The number of Topliss-reactive ketones (excluding diaryl/α,β-unsaturated/α-hetero) is 1. The minimum atomic E-state index is -1.02. The summed E-state index contributed by atoms with van der Waals surface area (Å²) in [6.45, 7) is 5.65. The molecule has 1 saturated heterocycles. The van der Waals surface area contributed by atoms with Crippen LogP contribution in [0.4, 0.5) is 5.13 Å². The number of aryl methyl sites for hydroxylation is 2. The molecule has 8 nitrogen and oxygen atoms in total. The molecule has 1 aliphatic heterocycles. The fourth-order valence-corrected chi connectivity index (χ4v) is 5.85. The summed E-state index contributed by atoms with van der Waals surface area (Å²) < 4.78 is 11.0. The number of carbonyl (C=O) groups excluding carboxylic acids is 3. The highest BCUT2D eigenvalue weighted by Gasteiger charge is 2.48. The van der Waals surface area contributed by atoms with Crippen molar-refractivity contribution in [2.45, 2.75) is 33.4 Å². The Morgan fingerprint density at radius 3 is 2.43 bits per heavy atom. The Balaban J connectivity index is 1.57. The van der Waals surface area contributed by atoms with E-state index in [0.717, 1.165) is 16.9 Å². The van der Waals surface area contributed by atoms with Gasteiger partial charge in [0.25, 0.3) is 5.78 Å². The molecule has 4 aromatic rings. The Labute approximate surface area is 251 Å². The highest BCUT2D eigenvalue weighted by molar-refractivity contribution is 7.17. The van der Waals surface area contributed by atoms with Gasteiger partial charge in [-0.2, -0.15) is 0 Å². The predicted molar refractivity (Wildman–Crippen MR) is 161 cm³/mol. The van der Waals surface area contributed by atoms with Crippen LogP contribution in [0.15, 0.2) is 78.4 Å². The molecule has 1 aliphatic rings. The first-order valence-corrected chi connectivity index (χ1v) is 14.4. The molecule has 1 atom stereocenters. The van der Waals surface area contributed by atoms with Gasteiger partial charge in [-0.3, -0.25) is 14.5 Å². The lowest BCUT2D eigenvalue weighted by molar-refractivity contribution is -0.132. The number of ether oxygens (including phenoxy) is 2. The molecule has 1 fully saturated rings. The summed E-state index contributed by atoms with van der Waals surface area (Å²) in [7, 11) is 0. The summed E-state index contributed by atoms with van der Waals surface area (Å²) >= 11 is 7.08. The first-order valence-electron chi connectivity index (χ1n) is 13.2. The molecular weight excluding hydrogens is 576 g/mol. The molecule has 1 aromatic heterocycles. The zero-order valence-corrected chi connectivity index (χ0v) is 24.7. The fraction of sp³-hybridized carbons (Fsp3) is 0.188. The number of aliphatic hydroxyl groups excluding tert-OH is 1. The van der Waals surface area contributed by atoms with Crippen LogP contribution in [-0.2, 0) is 20.9 Å². The maximum absolute atomic E-state index is 13.5. The summed E-state index contributed by atoms with van der Waals surface area (Å²) in [5.74, 6) is -2.05. The number of nitrogens with zero attached hydrogens (tertiary/aromatic N) is 2. The SMILES string of the molecule is CCOC(=O)c1sc(N2C(=O)C(=O)/C(=C(/O)c3ccc(OCc4ccccc4)cc3C)[C@H]2c2ccc(Cl)cc2)nc1C. The van der Waals surface area contributed by atoms with Gasteiger partial charge in [0.1, 0.15) is 23.0 Å². The van der Waals surface area contributed by atoms with Gasteiger partial charge in [-0.15, -0.1) is 0 Å². The molecule has 5 rings (SSSR count). The number of aliphatic hydroxyl groups is 1. The number of thiazole rings is 1. The van der Waals surface area contributed by atoms with Gasteiger partial charge in [0.2, 0.25) is 0 Å². The smallest absolute Gasteiger partial charge is 0.350 e. The topological polar surface area (TPSA) is 106 Å². The Morgan fingerprint density at radius 1 is 1.05 bits per heavy atom. The van der Waals surface area contributed by atoms with Crippen molar-refractivity contribution in [3.8, 4) is 5.75 Å². The van der Waals surface area contributed by atoms with Crippen molar-refractivity contribution in [2.75, 3.05) is 11.5 Å². The molecule has 0 unspecified atom stereocenters. The van der Waals surface area contributed by atoms with Crippen molar-refractivity contribution in [1.29, 1.82) is 0 Å². The largest absolute Gasteiger partial charge is 0.507 e. The van der Waals surface area contributed by atoms with Crippen LogP contribution in [0.1, 0.15) is 50.6 Å². The van der Waals surface area contributed by atoms with E-state index in [2.05, 4.69) is 4.98 Å². The van der Waals surface area contributed by atoms with E-state index in [4.69, 9.17) is 21.1 Å². The molecule has 0 spiro atoms. The Hall–Kier alpha value is -4.47. The number of hydrogen-bond donors (Lipinski definition) is 1. The number of carbonyl (C=O) groups is 3. The van der Waals surface area contributed by atoms with E-state index in [1.54, 1.807) is 63.2 Å². The minimum absolute atomic E-state index is 0.103. The van der Waals surface area contributed by atoms with Crippen molar-refractivity contribution < 1.29 is 29.0 Å². The van der Waals surface area contributed by atoms with Crippen LogP contribution in [0.25, 0.3) is 5.76 Å². The third-order valence-electron chi connectivity index (χ3n) is 6.78.